The van der Waals surface area contributed by atoms with Gasteiger partial charge in [0.2, 0.25) is 0 Å². The summed E-state index contributed by atoms with van der Waals surface area (Å²) < 4.78 is 13.5. The third kappa shape index (κ3) is 2.89. The monoisotopic (exact) mass is 263 g/mol. The molecule has 0 atom stereocenters. The average Bonchev–Trinajstić information content (AvgIpc) is 2.37. The Balaban J connectivity index is 2.25. The zero-order valence-corrected chi connectivity index (χ0v) is 11.0. The first-order valence-corrected chi connectivity index (χ1v) is 6.20. The van der Waals surface area contributed by atoms with Gasteiger partial charge in [-0.3, -0.25) is 0 Å². The van der Waals surface area contributed by atoms with E-state index in [4.69, 9.17) is 17.3 Å². The van der Waals surface area contributed by atoms with Crippen molar-refractivity contribution in [1.29, 1.82) is 0 Å². The standard InChI is InChI=1S/C15H15ClFN/c1-10-6-14(16)13(8-15(10)17)7-11-2-4-12(9-18)5-3-11/h2-6,8H,7,9,18H2,1H3. The van der Waals surface area contributed by atoms with E-state index in [9.17, 15) is 4.39 Å². The largest absolute Gasteiger partial charge is 0.326 e. The lowest BCUT2D eigenvalue weighted by atomic mass is 10.0. The van der Waals surface area contributed by atoms with Crippen molar-refractivity contribution in [1.82, 2.24) is 0 Å². The van der Waals surface area contributed by atoms with Crippen LogP contribution in [0.3, 0.4) is 0 Å². The molecule has 94 valence electrons. The smallest absolute Gasteiger partial charge is 0.126 e. The summed E-state index contributed by atoms with van der Waals surface area (Å²) in [6.45, 7) is 2.24. The molecule has 0 heterocycles. The minimum absolute atomic E-state index is 0.215. The van der Waals surface area contributed by atoms with Gasteiger partial charge in [-0.2, -0.15) is 0 Å². The van der Waals surface area contributed by atoms with Crippen molar-refractivity contribution in [2.45, 2.75) is 19.9 Å². The molecule has 1 nitrogen and oxygen atoms in total. The maximum atomic E-state index is 13.5. The maximum Gasteiger partial charge on any atom is 0.126 e. The van der Waals surface area contributed by atoms with E-state index in [1.54, 1.807) is 13.0 Å². The highest BCUT2D eigenvalue weighted by molar-refractivity contribution is 6.31. The summed E-state index contributed by atoms with van der Waals surface area (Å²) >= 11 is 6.12. The minimum Gasteiger partial charge on any atom is -0.326 e. The third-order valence-corrected chi connectivity index (χ3v) is 3.33. The molecule has 18 heavy (non-hydrogen) atoms. The van der Waals surface area contributed by atoms with Gasteiger partial charge in [-0.1, -0.05) is 35.9 Å². The number of halogens is 2. The molecule has 0 aromatic heterocycles. The van der Waals surface area contributed by atoms with Crippen LogP contribution in [0.1, 0.15) is 22.3 Å². The van der Waals surface area contributed by atoms with Gasteiger partial charge in [0.25, 0.3) is 0 Å². The number of benzene rings is 2. The maximum absolute atomic E-state index is 13.5. The summed E-state index contributed by atoms with van der Waals surface area (Å²) in [4.78, 5) is 0. The lowest BCUT2D eigenvalue weighted by Crippen LogP contribution is -1.97. The topological polar surface area (TPSA) is 26.0 Å². The molecule has 0 unspecified atom stereocenters. The first-order chi connectivity index (χ1) is 8.60. The van der Waals surface area contributed by atoms with Crippen LogP contribution in [0.2, 0.25) is 5.02 Å². The Morgan fingerprint density at radius 1 is 1.11 bits per heavy atom. The van der Waals surface area contributed by atoms with E-state index in [-0.39, 0.29) is 5.82 Å². The summed E-state index contributed by atoms with van der Waals surface area (Å²) in [6, 6.07) is 11.1. The van der Waals surface area contributed by atoms with Gasteiger partial charge in [0.1, 0.15) is 5.82 Å². The molecule has 2 N–H and O–H groups in total. The number of nitrogens with two attached hydrogens (primary N) is 1. The number of hydrogen-bond donors (Lipinski definition) is 1. The fourth-order valence-electron chi connectivity index (χ4n) is 1.84. The lowest BCUT2D eigenvalue weighted by molar-refractivity contribution is 0.616. The quantitative estimate of drug-likeness (QED) is 0.895. The van der Waals surface area contributed by atoms with Crippen molar-refractivity contribution >= 4 is 11.6 Å². The van der Waals surface area contributed by atoms with E-state index in [2.05, 4.69) is 0 Å². The van der Waals surface area contributed by atoms with Crippen LogP contribution in [0.25, 0.3) is 0 Å². The molecular formula is C15H15ClFN. The third-order valence-electron chi connectivity index (χ3n) is 2.98. The van der Waals surface area contributed by atoms with Gasteiger partial charge >= 0.3 is 0 Å². The average molecular weight is 264 g/mol. The van der Waals surface area contributed by atoms with Crippen LogP contribution >= 0.6 is 11.6 Å². The van der Waals surface area contributed by atoms with Crippen LogP contribution in [-0.4, -0.2) is 0 Å². The van der Waals surface area contributed by atoms with Gasteiger partial charge in [-0.05, 0) is 47.7 Å². The van der Waals surface area contributed by atoms with Crippen molar-refractivity contribution in [3.8, 4) is 0 Å². The second-order valence-corrected chi connectivity index (χ2v) is 4.80. The second kappa shape index (κ2) is 5.51. The van der Waals surface area contributed by atoms with Crippen LogP contribution < -0.4 is 5.73 Å². The van der Waals surface area contributed by atoms with Gasteiger partial charge in [0, 0.05) is 11.6 Å². The molecule has 2 rings (SSSR count). The van der Waals surface area contributed by atoms with Gasteiger partial charge < -0.3 is 5.73 Å². The molecule has 0 amide bonds. The molecule has 0 fully saturated rings. The fraction of sp³-hybridized carbons (Fsp3) is 0.200. The SMILES string of the molecule is Cc1cc(Cl)c(Cc2ccc(CN)cc2)cc1F. The van der Waals surface area contributed by atoms with E-state index in [1.807, 2.05) is 24.3 Å². The van der Waals surface area contributed by atoms with Crippen LogP contribution in [-0.2, 0) is 13.0 Å². The van der Waals surface area contributed by atoms with Crippen LogP contribution in [0.15, 0.2) is 36.4 Å². The van der Waals surface area contributed by atoms with Crippen molar-refractivity contribution < 1.29 is 4.39 Å². The fourth-order valence-corrected chi connectivity index (χ4v) is 2.12. The molecule has 0 spiro atoms. The Labute approximate surface area is 111 Å². The summed E-state index contributed by atoms with van der Waals surface area (Å²) in [6.07, 6.45) is 0.626. The second-order valence-electron chi connectivity index (χ2n) is 4.39. The van der Waals surface area contributed by atoms with E-state index < -0.39 is 0 Å². The van der Waals surface area contributed by atoms with Crippen LogP contribution in [0.5, 0.6) is 0 Å². The molecule has 0 saturated carbocycles. The Morgan fingerprint density at radius 3 is 2.33 bits per heavy atom. The molecule has 0 aliphatic rings. The van der Waals surface area contributed by atoms with E-state index in [0.29, 0.717) is 23.6 Å². The number of aryl methyl sites for hydroxylation is 1. The summed E-state index contributed by atoms with van der Waals surface area (Å²) in [7, 11) is 0. The van der Waals surface area contributed by atoms with Crippen LogP contribution in [0, 0.1) is 12.7 Å². The van der Waals surface area contributed by atoms with Gasteiger partial charge in [0.15, 0.2) is 0 Å². The number of hydrogen-bond acceptors (Lipinski definition) is 1. The predicted molar refractivity (Wildman–Crippen MR) is 73.3 cm³/mol. The van der Waals surface area contributed by atoms with Crippen molar-refractivity contribution in [3.63, 3.8) is 0 Å². The highest BCUT2D eigenvalue weighted by Crippen LogP contribution is 2.23. The number of rotatable bonds is 3. The van der Waals surface area contributed by atoms with Gasteiger partial charge in [0.05, 0.1) is 0 Å². The highest BCUT2D eigenvalue weighted by atomic mass is 35.5. The molecule has 0 aliphatic heterocycles. The highest BCUT2D eigenvalue weighted by Gasteiger charge is 2.06. The first kappa shape index (κ1) is 13.1. The Kier molecular flexibility index (Phi) is 4.00. The Bertz CT molecular complexity index is 549. The summed E-state index contributed by atoms with van der Waals surface area (Å²) in [5, 5.41) is 0.608. The van der Waals surface area contributed by atoms with E-state index in [0.717, 1.165) is 16.7 Å². The first-order valence-electron chi connectivity index (χ1n) is 5.82. The molecule has 0 aliphatic carbocycles. The van der Waals surface area contributed by atoms with Crippen molar-refractivity contribution in [2.75, 3.05) is 0 Å². The van der Waals surface area contributed by atoms with Gasteiger partial charge in [-0.25, -0.2) is 4.39 Å². The van der Waals surface area contributed by atoms with Crippen molar-refractivity contribution in [3.05, 3.63) is 69.5 Å². The molecule has 2 aromatic carbocycles. The van der Waals surface area contributed by atoms with E-state index >= 15 is 0 Å². The molecule has 0 radical (unpaired) electrons. The zero-order valence-electron chi connectivity index (χ0n) is 10.2. The molecule has 3 heteroatoms. The summed E-state index contributed by atoms with van der Waals surface area (Å²) in [5.41, 5.74) is 9.10. The van der Waals surface area contributed by atoms with Crippen LogP contribution in [0.4, 0.5) is 4.39 Å². The molecule has 0 saturated heterocycles. The molecule has 0 bridgehead atoms. The zero-order chi connectivity index (χ0) is 13.1. The van der Waals surface area contributed by atoms with E-state index in [1.165, 1.54) is 6.07 Å². The van der Waals surface area contributed by atoms with Crippen molar-refractivity contribution in [2.24, 2.45) is 5.73 Å². The molecule has 2 aromatic rings. The minimum atomic E-state index is -0.215. The predicted octanol–water partition coefficient (Wildman–Crippen LogP) is 3.84. The van der Waals surface area contributed by atoms with Gasteiger partial charge in [-0.15, -0.1) is 0 Å². The lowest BCUT2D eigenvalue weighted by Gasteiger charge is -2.07. The molecular weight excluding hydrogens is 249 g/mol. The normalized spacial score (nSPS) is 10.7. The summed E-state index contributed by atoms with van der Waals surface area (Å²) in [5.74, 6) is -0.215. The Hall–Kier alpha value is -1.38. The Morgan fingerprint density at radius 2 is 1.72 bits per heavy atom.